The average molecular weight is 276 g/mol. The van der Waals surface area contributed by atoms with E-state index in [1.165, 1.54) is 25.7 Å². The molecule has 2 rings (SSSR count). The summed E-state index contributed by atoms with van der Waals surface area (Å²) in [6, 6.07) is 8.02. The summed E-state index contributed by atoms with van der Waals surface area (Å²) in [5.41, 5.74) is 1.12. The lowest BCUT2D eigenvalue weighted by atomic mass is 9.74. The summed E-state index contributed by atoms with van der Waals surface area (Å²) < 4.78 is 5.37. The maximum atomic E-state index is 10.5. The Morgan fingerprint density at radius 1 is 1.10 bits per heavy atom. The molecule has 0 aromatic heterocycles. The van der Waals surface area contributed by atoms with Gasteiger partial charge in [0.05, 0.1) is 13.2 Å². The molecule has 1 saturated carbocycles. The van der Waals surface area contributed by atoms with Crippen LogP contribution in [0.15, 0.2) is 24.3 Å². The molecule has 1 atom stereocenters. The van der Waals surface area contributed by atoms with Gasteiger partial charge in [0, 0.05) is 6.42 Å². The van der Waals surface area contributed by atoms with Gasteiger partial charge in [-0.1, -0.05) is 32.0 Å². The fourth-order valence-corrected chi connectivity index (χ4v) is 3.46. The predicted molar refractivity (Wildman–Crippen MR) is 83.0 cm³/mol. The van der Waals surface area contributed by atoms with Crippen LogP contribution in [0.3, 0.4) is 0 Å². The van der Waals surface area contributed by atoms with Crippen LogP contribution in [0.2, 0.25) is 0 Å². The molecule has 0 saturated heterocycles. The molecule has 1 aliphatic carbocycles. The van der Waals surface area contributed by atoms with Crippen molar-refractivity contribution in [3.05, 3.63) is 29.8 Å². The number of methoxy groups -OCH3 is 1. The molecule has 0 radical (unpaired) electrons. The number of ether oxygens (including phenoxy) is 1. The maximum absolute atomic E-state index is 10.5. The predicted octanol–water partition coefficient (Wildman–Crippen LogP) is 4.06. The standard InChI is InChI=1S/C18H28O2/c1-13(2)14-8-10-15(11-9-14)17(19)12-16-6-4-5-7-18(16)20-3/h4-7,13-15,17,19H,8-12H2,1-3H3. The van der Waals surface area contributed by atoms with Gasteiger partial charge in [-0.2, -0.15) is 0 Å². The SMILES string of the molecule is COc1ccccc1CC(O)C1CCC(C(C)C)CC1. The van der Waals surface area contributed by atoms with Crippen LogP contribution in [0, 0.1) is 17.8 Å². The zero-order chi connectivity index (χ0) is 14.5. The Hall–Kier alpha value is -1.02. The zero-order valence-corrected chi connectivity index (χ0v) is 13.0. The van der Waals surface area contributed by atoms with Crippen LogP contribution in [0.4, 0.5) is 0 Å². The molecule has 0 heterocycles. The van der Waals surface area contributed by atoms with Gasteiger partial charge in [0.25, 0.3) is 0 Å². The molecule has 1 aromatic rings. The lowest BCUT2D eigenvalue weighted by molar-refractivity contribution is 0.0670. The Bertz CT molecular complexity index is 406. The molecule has 2 heteroatoms. The molecule has 0 aliphatic heterocycles. The molecular formula is C18H28O2. The van der Waals surface area contributed by atoms with E-state index in [2.05, 4.69) is 19.9 Å². The van der Waals surface area contributed by atoms with Crippen molar-refractivity contribution in [3.63, 3.8) is 0 Å². The number of aliphatic hydroxyl groups is 1. The van der Waals surface area contributed by atoms with Gasteiger partial charge in [-0.25, -0.2) is 0 Å². The number of para-hydroxylation sites is 1. The summed E-state index contributed by atoms with van der Waals surface area (Å²) in [7, 11) is 1.69. The second-order valence-electron chi connectivity index (χ2n) is 6.50. The summed E-state index contributed by atoms with van der Waals surface area (Å²) in [5, 5.41) is 10.5. The average Bonchev–Trinajstić information content (AvgIpc) is 2.48. The van der Waals surface area contributed by atoms with Gasteiger partial charge in [-0.15, -0.1) is 0 Å². The van der Waals surface area contributed by atoms with E-state index in [9.17, 15) is 5.11 Å². The summed E-state index contributed by atoms with van der Waals surface area (Å²) in [4.78, 5) is 0. The molecule has 1 aromatic carbocycles. The summed E-state index contributed by atoms with van der Waals surface area (Å²) in [5.74, 6) is 2.98. The molecule has 20 heavy (non-hydrogen) atoms. The van der Waals surface area contributed by atoms with E-state index in [0.717, 1.165) is 23.1 Å². The largest absolute Gasteiger partial charge is 0.496 e. The smallest absolute Gasteiger partial charge is 0.122 e. The molecule has 0 amide bonds. The third-order valence-corrected chi connectivity index (χ3v) is 4.93. The van der Waals surface area contributed by atoms with Crippen molar-refractivity contribution in [1.29, 1.82) is 0 Å². The highest BCUT2D eigenvalue weighted by Crippen LogP contribution is 2.36. The molecule has 112 valence electrons. The van der Waals surface area contributed by atoms with Gasteiger partial charge in [0.2, 0.25) is 0 Å². The first-order chi connectivity index (χ1) is 9.61. The number of hydrogen-bond donors (Lipinski definition) is 1. The molecule has 1 N–H and O–H groups in total. The summed E-state index contributed by atoms with van der Waals surface area (Å²) in [6.45, 7) is 4.63. The Kier molecular flexibility index (Phi) is 5.47. The van der Waals surface area contributed by atoms with Crippen LogP contribution in [-0.4, -0.2) is 18.3 Å². The van der Waals surface area contributed by atoms with Crippen molar-refractivity contribution in [3.8, 4) is 5.75 Å². The Labute approximate surface area is 123 Å². The van der Waals surface area contributed by atoms with Crippen molar-refractivity contribution in [2.45, 2.75) is 52.1 Å². The van der Waals surface area contributed by atoms with Crippen molar-refractivity contribution >= 4 is 0 Å². The Morgan fingerprint density at radius 3 is 2.30 bits per heavy atom. The van der Waals surface area contributed by atoms with Gasteiger partial charge >= 0.3 is 0 Å². The highest BCUT2D eigenvalue weighted by atomic mass is 16.5. The molecule has 0 spiro atoms. The lowest BCUT2D eigenvalue weighted by Gasteiger charge is -2.33. The van der Waals surface area contributed by atoms with Crippen LogP contribution in [-0.2, 0) is 6.42 Å². The second-order valence-corrected chi connectivity index (χ2v) is 6.50. The normalized spacial score (nSPS) is 24.6. The van der Waals surface area contributed by atoms with Gasteiger partial charge in [-0.3, -0.25) is 0 Å². The quantitative estimate of drug-likeness (QED) is 0.878. The van der Waals surface area contributed by atoms with E-state index >= 15 is 0 Å². The topological polar surface area (TPSA) is 29.5 Å². The van der Waals surface area contributed by atoms with Crippen molar-refractivity contribution < 1.29 is 9.84 Å². The van der Waals surface area contributed by atoms with Crippen LogP contribution < -0.4 is 4.74 Å². The first kappa shape index (κ1) is 15.4. The molecule has 1 aliphatic rings. The minimum atomic E-state index is -0.237. The third-order valence-electron chi connectivity index (χ3n) is 4.93. The third kappa shape index (κ3) is 3.76. The van der Waals surface area contributed by atoms with Crippen LogP contribution >= 0.6 is 0 Å². The fraction of sp³-hybridized carbons (Fsp3) is 0.667. The van der Waals surface area contributed by atoms with E-state index < -0.39 is 0 Å². The van der Waals surface area contributed by atoms with Gasteiger partial charge < -0.3 is 9.84 Å². The maximum Gasteiger partial charge on any atom is 0.122 e. The van der Waals surface area contributed by atoms with Gasteiger partial charge in [-0.05, 0) is 55.1 Å². The number of aliphatic hydroxyl groups excluding tert-OH is 1. The van der Waals surface area contributed by atoms with Crippen molar-refractivity contribution in [2.24, 2.45) is 17.8 Å². The number of rotatable bonds is 5. The highest BCUT2D eigenvalue weighted by molar-refractivity contribution is 5.33. The first-order valence-corrected chi connectivity index (χ1v) is 7.91. The first-order valence-electron chi connectivity index (χ1n) is 7.91. The monoisotopic (exact) mass is 276 g/mol. The van der Waals surface area contributed by atoms with E-state index in [1.807, 2.05) is 18.2 Å². The molecule has 1 unspecified atom stereocenters. The van der Waals surface area contributed by atoms with Crippen LogP contribution in [0.25, 0.3) is 0 Å². The van der Waals surface area contributed by atoms with Crippen LogP contribution in [0.1, 0.15) is 45.1 Å². The van der Waals surface area contributed by atoms with Gasteiger partial charge in [0.1, 0.15) is 5.75 Å². The molecular weight excluding hydrogens is 248 g/mol. The van der Waals surface area contributed by atoms with Crippen molar-refractivity contribution in [2.75, 3.05) is 7.11 Å². The highest BCUT2D eigenvalue weighted by Gasteiger charge is 2.28. The minimum Gasteiger partial charge on any atom is -0.496 e. The van der Waals surface area contributed by atoms with E-state index in [-0.39, 0.29) is 6.10 Å². The number of hydrogen-bond acceptors (Lipinski definition) is 2. The Morgan fingerprint density at radius 2 is 1.70 bits per heavy atom. The lowest BCUT2D eigenvalue weighted by Crippen LogP contribution is -2.29. The zero-order valence-electron chi connectivity index (χ0n) is 13.0. The second kappa shape index (κ2) is 7.12. The summed E-state index contributed by atoms with van der Waals surface area (Å²) >= 11 is 0. The van der Waals surface area contributed by atoms with E-state index in [4.69, 9.17) is 4.74 Å². The van der Waals surface area contributed by atoms with E-state index in [1.54, 1.807) is 7.11 Å². The molecule has 2 nitrogen and oxygen atoms in total. The van der Waals surface area contributed by atoms with Crippen molar-refractivity contribution in [1.82, 2.24) is 0 Å². The molecule has 0 bridgehead atoms. The Balaban J connectivity index is 1.91. The van der Waals surface area contributed by atoms with Crippen LogP contribution in [0.5, 0.6) is 5.75 Å². The summed E-state index contributed by atoms with van der Waals surface area (Å²) in [6.07, 6.45) is 5.34. The van der Waals surface area contributed by atoms with E-state index in [0.29, 0.717) is 12.3 Å². The number of benzene rings is 1. The fourth-order valence-electron chi connectivity index (χ4n) is 3.46. The molecule has 1 fully saturated rings. The van der Waals surface area contributed by atoms with Gasteiger partial charge in [0.15, 0.2) is 0 Å². The minimum absolute atomic E-state index is 0.237.